The normalized spacial score (nSPS) is 13.1. The zero-order valence-corrected chi connectivity index (χ0v) is 41.0. The van der Waals surface area contributed by atoms with Crippen LogP contribution in [0.3, 0.4) is 0 Å². The minimum Gasteiger partial charge on any atom is -0.462 e. The molecule has 0 aromatic carbocycles. The second-order valence-electron chi connectivity index (χ2n) is 16.3. The number of rotatable bonds is 44. The topological polar surface area (TPSA) is 78.9 Å². The molecule has 0 aliphatic rings. The summed E-state index contributed by atoms with van der Waals surface area (Å²) in [6.45, 7) is 6.28. The first-order valence-corrected chi connectivity index (χ1v) is 25.5. The number of carbonyl (C=O) groups excluding carboxylic acids is 3. The number of hydrogen-bond acceptors (Lipinski definition) is 6. The van der Waals surface area contributed by atoms with Gasteiger partial charge in [-0.15, -0.1) is 0 Å². The largest absolute Gasteiger partial charge is 0.462 e. The summed E-state index contributed by atoms with van der Waals surface area (Å²) in [6.07, 6.45) is 70.5. The van der Waals surface area contributed by atoms with Crippen LogP contribution in [0.4, 0.5) is 0 Å². The molecule has 1 unspecified atom stereocenters. The number of hydrogen-bond donors (Lipinski definition) is 0. The molecule has 0 spiro atoms. The predicted octanol–water partition coefficient (Wildman–Crippen LogP) is 16.9. The maximum absolute atomic E-state index is 12.8. The van der Waals surface area contributed by atoms with Gasteiger partial charge in [-0.3, -0.25) is 14.4 Å². The second kappa shape index (κ2) is 51.4. The molecule has 0 fully saturated rings. The first-order valence-electron chi connectivity index (χ1n) is 25.5. The summed E-state index contributed by atoms with van der Waals surface area (Å²) in [6, 6.07) is 0. The molecular weight excluding hydrogens is 793 g/mol. The van der Waals surface area contributed by atoms with Crippen LogP contribution in [-0.2, 0) is 28.6 Å². The van der Waals surface area contributed by atoms with Crippen molar-refractivity contribution in [1.82, 2.24) is 0 Å². The minimum absolute atomic E-state index is 0.125. The standard InChI is InChI=1S/C58H92O6/c1-4-7-10-13-16-19-22-25-28-30-33-36-39-42-45-48-51-57(60)63-54-55(53-62-56(59)50-47-44-41-38-35-32-27-24-21-18-15-12-9-6-3)64-58(61)52-49-46-43-40-37-34-31-29-26-23-20-17-14-11-8-5-2/h7-8,10-11,16-17,19-20,25-26,28-29,32-37,42,45,55H,4-6,9,12-15,18,21-24,27,30-31,38-41,43-44,46-54H2,1-3H3/b10-7-,11-8-,19-16-,20-17-,28-25-,29-26-,35-32-,36-33-,37-34-,45-42-. The van der Waals surface area contributed by atoms with E-state index in [0.29, 0.717) is 19.3 Å². The Balaban J connectivity index is 4.60. The van der Waals surface area contributed by atoms with Crippen molar-refractivity contribution in [1.29, 1.82) is 0 Å². The molecule has 64 heavy (non-hydrogen) atoms. The number of ether oxygens (including phenoxy) is 3. The zero-order chi connectivity index (χ0) is 46.5. The van der Waals surface area contributed by atoms with E-state index in [9.17, 15) is 14.4 Å². The van der Waals surface area contributed by atoms with E-state index in [-0.39, 0.29) is 44.0 Å². The first-order chi connectivity index (χ1) is 31.5. The lowest BCUT2D eigenvalue weighted by Gasteiger charge is -2.18. The van der Waals surface area contributed by atoms with Crippen LogP contribution in [0.2, 0.25) is 0 Å². The Bertz CT molecular complexity index is 1390. The van der Waals surface area contributed by atoms with Gasteiger partial charge in [0.2, 0.25) is 0 Å². The average Bonchev–Trinajstić information content (AvgIpc) is 3.29. The van der Waals surface area contributed by atoms with Gasteiger partial charge in [0.05, 0.1) is 0 Å². The molecule has 0 bridgehead atoms. The third kappa shape index (κ3) is 48.8. The van der Waals surface area contributed by atoms with E-state index in [0.717, 1.165) is 109 Å². The van der Waals surface area contributed by atoms with E-state index < -0.39 is 6.10 Å². The summed E-state index contributed by atoms with van der Waals surface area (Å²) in [5.41, 5.74) is 0. The molecule has 0 aliphatic heterocycles. The number of carbonyl (C=O) groups is 3. The molecule has 0 aromatic heterocycles. The lowest BCUT2D eigenvalue weighted by Crippen LogP contribution is -2.30. The number of esters is 3. The predicted molar refractivity (Wildman–Crippen MR) is 274 cm³/mol. The van der Waals surface area contributed by atoms with E-state index in [1.807, 2.05) is 12.2 Å². The van der Waals surface area contributed by atoms with Crippen LogP contribution in [-0.4, -0.2) is 37.2 Å². The van der Waals surface area contributed by atoms with Crippen molar-refractivity contribution in [3.8, 4) is 0 Å². The van der Waals surface area contributed by atoms with Crippen LogP contribution < -0.4 is 0 Å². The smallest absolute Gasteiger partial charge is 0.306 e. The molecule has 0 heterocycles. The van der Waals surface area contributed by atoms with Gasteiger partial charge < -0.3 is 14.2 Å². The van der Waals surface area contributed by atoms with Crippen molar-refractivity contribution in [2.45, 2.75) is 213 Å². The highest BCUT2D eigenvalue weighted by Gasteiger charge is 2.19. The maximum Gasteiger partial charge on any atom is 0.306 e. The molecular formula is C58H92O6. The summed E-state index contributed by atoms with van der Waals surface area (Å²) in [5, 5.41) is 0. The molecule has 1 atom stereocenters. The third-order valence-electron chi connectivity index (χ3n) is 10.2. The fourth-order valence-corrected chi connectivity index (χ4v) is 6.42. The van der Waals surface area contributed by atoms with Crippen LogP contribution in [0.5, 0.6) is 0 Å². The molecule has 0 amide bonds. The highest BCUT2D eigenvalue weighted by atomic mass is 16.6. The fraction of sp³-hybridized carbons (Fsp3) is 0.603. The second-order valence-corrected chi connectivity index (χ2v) is 16.3. The summed E-state index contributed by atoms with van der Waals surface area (Å²) in [5.74, 6) is -1.07. The van der Waals surface area contributed by atoms with Crippen LogP contribution in [0.25, 0.3) is 0 Å². The zero-order valence-electron chi connectivity index (χ0n) is 41.0. The molecule has 6 nitrogen and oxygen atoms in total. The lowest BCUT2D eigenvalue weighted by molar-refractivity contribution is -0.166. The summed E-state index contributed by atoms with van der Waals surface area (Å²) >= 11 is 0. The quantitative estimate of drug-likeness (QED) is 0.0262. The van der Waals surface area contributed by atoms with Crippen molar-refractivity contribution in [3.63, 3.8) is 0 Å². The van der Waals surface area contributed by atoms with Gasteiger partial charge >= 0.3 is 17.9 Å². The Kier molecular flexibility index (Phi) is 48.1. The van der Waals surface area contributed by atoms with Crippen LogP contribution in [0.15, 0.2) is 122 Å². The molecule has 0 aromatic rings. The SMILES string of the molecule is CC/C=C\C/C=C\C/C=C\C/C=C\C/C=C\CCC(=O)OCC(COC(=O)CCCCC/C=C\CCCCCCCCC)OC(=O)CCCCC/C=C\C/C=C\C/C=C\C/C=C\CC. The molecule has 0 aliphatic carbocycles. The van der Waals surface area contributed by atoms with E-state index >= 15 is 0 Å². The van der Waals surface area contributed by atoms with Crippen LogP contribution >= 0.6 is 0 Å². The van der Waals surface area contributed by atoms with Crippen LogP contribution in [0, 0.1) is 0 Å². The van der Waals surface area contributed by atoms with Crippen LogP contribution in [0.1, 0.15) is 207 Å². The Morgan fingerprint density at radius 1 is 0.328 bits per heavy atom. The monoisotopic (exact) mass is 885 g/mol. The van der Waals surface area contributed by atoms with Gasteiger partial charge in [0.25, 0.3) is 0 Å². The number of allylic oxidation sites excluding steroid dienone is 20. The molecule has 0 saturated heterocycles. The van der Waals surface area contributed by atoms with E-state index in [1.54, 1.807) is 0 Å². The molecule has 0 saturated carbocycles. The van der Waals surface area contributed by atoms with Gasteiger partial charge in [-0.05, 0) is 116 Å². The van der Waals surface area contributed by atoms with Gasteiger partial charge in [-0.25, -0.2) is 0 Å². The molecule has 360 valence electrons. The highest BCUT2D eigenvalue weighted by molar-refractivity contribution is 5.71. The lowest BCUT2D eigenvalue weighted by atomic mass is 10.1. The van der Waals surface area contributed by atoms with Crippen molar-refractivity contribution < 1.29 is 28.6 Å². The van der Waals surface area contributed by atoms with E-state index in [2.05, 4.69) is 130 Å². The average molecular weight is 885 g/mol. The summed E-state index contributed by atoms with van der Waals surface area (Å²) < 4.78 is 16.7. The van der Waals surface area contributed by atoms with Crippen molar-refractivity contribution in [3.05, 3.63) is 122 Å². The van der Waals surface area contributed by atoms with Crippen molar-refractivity contribution >= 4 is 17.9 Å². The van der Waals surface area contributed by atoms with Gasteiger partial charge in [0.15, 0.2) is 6.10 Å². The molecule has 0 radical (unpaired) electrons. The van der Waals surface area contributed by atoms with Gasteiger partial charge in [-0.2, -0.15) is 0 Å². The maximum atomic E-state index is 12.8. The summed E-state index contributed by atoms with van der Waals surface area (Å²) in [4.78, 5) is 37.9. The van der Waals surface area contributed by atoms with Gasteiger partial charge in [0.1, 0.15) is 13.2 Å². The van der Waals surface area contributed by atoms with Crippen molar-refractivity contribution in [2.75, 3.05) is 13.2 Å². The minimum atomic E-state index is -0.833. The molecule has 0 N–H and O–H groups in total. The highest BCUT2D eigenvalue weighted by Crippen LogP contribution is 2.12. The van der Waals surface area contributed by atoms with Crippen molar-refractivity contribution in [2.24, 2.45) is 0 Å². The Labute approximate surface area is 392 Å². The van der Waals surface area contributed by atoms with Gasteiger partial charge in [0, 0.05) is 19.3 Å². The fourth-order valence-electron chi connectivity index (χ4n) is 6.42. The number of unbranched alkanes of at least 4 members (excludes halogenated alkanes) is 13. The van der Waals surface area contributed by atoms with E-state index in [1.165, 1.54) is 44.9 Å². The Morgan fingerprint density at radius 2 is 0.641 bits per heavy atom. The third-order valence-corrected chi connectivity index (χ3v) is 10.2. The Morgan fingerprint density at radius 3 is 1.06 bits per heavy atom. The summed E-state index contributed by atoms with van der Waals surface area (Å²) in [7, 11) is 0. The van der Waals surface area contributed by atoms with Gasteiger partial charge in [-0.1, -0.05) is 194 Å². The van der Waals surface area contributed by atoms with E-state index in [4.69, 9.17) is 14.2 Å². The molecule has 6 heteroatoms. The molecule has 0 rings (SSSR count). The Hall–Kier alpha value is -4.19. The first kappa shape index (κ1) is 59.8.